The average Bonchev–Trinajstić information content (AvgIpc) is 2.92. The Bertz CT molecular complexity index is 852. The largest absolute Gasteiger partial charge is 0.497 e. The molecular weight excluding hydrogens is 364 g/mol. The molecule has 5 amide bonds. The van der Waals surface area contributed by atoms with Gasteiger partial charge in [-0.1, -0.05) is 19.3 Å². The number of hydrogen-bond donors (Lipinski definition) is 1. The molecule has 146 valence electrons. The number of imide groups is 2. The van der Waals surface area contributed by atoms with Crippen LogP contribution in [-0.4, -0.2) is 47.8 Å². The molecule has 0 bridgehead atoms. The van der Waals surface area contributed by atoms with Gasteiger partial charge in [-0.2, -0.15) is 5.26 Å². The molecular formula is C19H20N4O5. The number of carbonyl (C=O) groups excluding carboxylic acids is 4. The molecule has 0 aromatic heterocycles. The summed E-state index contributed by atoms with van der Waals surface area (Å²) >= 11 is 0. The highest BCUT2D eigenvalue weighted by atomic mass is 16.5. The van der Waals surface area contributed by atoms with Crippen molar-refractivity contribution in [3.63, 3.8) is 0 Å². The number of rotatable bonds is 5. The van der Waals surface area contributed by atoms with Crippen LogP contribution in [0.1, 0.15) is 32.1 Å². The summed E-state index contributed by atoms with van der Waals surface area (Å²) in [5.41, 5.74) is -0.784. The Labute approximate surface area is 161 Å². The molecule has 1 heterocycles. The van der Waals surface area contributed by atoms with Gasteiger partial charge in [-0.05, 0) is 37.1 Å². The van der Waals surface area contributed by atoms with Gasteiger partial charge < -0.3 is 10.1 Å². The van der Waals surface area contributed by atoms with Crippen molar-refractivity contribution in [1.82, 2.24) is 10.2 Å². The van der Waals surface area contributed by atoms with Crippen LogP contribution in [0, 0.1) is 11.3 Å². The smallest absolute Gasteiger partial charge is 0.339 e. The van der Waals surface area contributed by atoms with Gasteiger partial charge in [-0.15, -0.1) is 0 Å². The van der Waals surface area contributed by atoms with Crippen LogP contribution in [0.3, 0.4) is 0 Å². The van der Waals surface area contributed by atoms with E-state index in [-0.39, 0.29) is 5.69 Å². The number of nitrogens with zero attached hydrogens (tertiary/aromatic N) is 3. The van der Waals surface area contributed by atoms with Gasteiger partial charge in [0.1, 0.15) is 17.8 Å². The van der Waals surface area contributed by atoms with Crippen molar-refractivity contribution in [2.75, 3.05) is 18.6 Å². The van der Waals surface area contributed by atoms with E-state index in [1.54, 1.807) is 12.1 Å². The maximum absolute atomic E-state index is 12.6. The van der Waals surface area contributed by atoms with Crippen LogP contribution < -0.4 is 15.0 Å². The van der Waals surface area contributed by atoms with E-state index >= 15 is 0 Å². The molecule has 1 aromatic rings. The lowest BCUT2D eigenvalue weighted by molar-refractivity contribution is -0.140. The van der Waals surface area contributed by atoms with E-state index in [2.05, 4.69) is 11.4 Å². The monoisotopic (exact) mass is 384 g/mol. The molecule has 2 aliphatic rings. The van der Waals surface area contributed by atoms with E-state index in [0.717, 1.165) is 24.2 Å². The lowest BCUT2D eigenvalue weighted by Crippen LogP contribution is -2.52. The van der Waals surface area contributed by atoms with Crippen LogP contribution in [0.2, 0.25) is 0 Å². The van der Waals surface area contributed by atoms with Crippen molar-refractivity contribution in [3.05, 3.63) is 24.3 Å². The third-order valence-electron chi connectivity index (χ3n) is 4.99. The second kappa shape index (κ2) is 7.68. The quantitative estimate of drug-likeness (QED) is 0.604. The molecule has 1 saturated heterocycles. The predicted octanol–water partition coefficient (Wildman–Crippen LogP) is 1.33. The highest BCUT2D eigenvalue weighted by molar-refractivity contribution is 6.53. The van der Waals surface area contributed by atoms with Gasteiger partial charge in [0, 0.05) is 0 Å². The molecule has 0 atom stereocenters. The van der Waals surface area contributed by atoms with E-state index < -0.39 is 35.8 Å². The zero-order valence-corrected chi connectivity index (χ0v) is 15.4. The van der Waals surface area contributed by atoms with E-state index in [4.69, 9.17) is 4.74 Å². The van der Waals surface area contributed by atoms with Gasteiger partial charge in [0.05, 0.1) is 18.9 Å². The van der Waals surface area contributed by atoms with Crippen molar-refractivity contribution in [3.8, 4) is 11.8 Å². The van der Waals surface area contributed by atoms with Gasteiger partial charge in [-0.25, -0.2) is 14.6 Å². The Kier molecular flexibility index (Phi) is 5.31. The molecule has 28 heavy (non-hydrogen) atoms. The van der Waals surface area contributed by atoms with E-state index in [0.29, 0.717) is 23.5 Å². The summed E-state index contributed by atoms with van der Waals surface area (Å²) in [6.07, 6.45) is 3.67. The average molecular weight is 384 g/mol. The number of methoxy groups -OCH3 is 1. The number of carbonyl (C=O) groups is 4. The molecule has 1 aliphatic carbocycles. The van der Waals surface area contributed by atoms with Crippen LogP contribution in [0.25, 0.3) is 0 Å². The molecule has 0 radical (unpaired) electrons. The van der Waals surface area contributed by atoms with Gasteiger partial charge in [-0.3, -0.25) is 14.4 Å². The number of nitrogens with one attached hydrogen (secondary N) is 1. The first-order chi connectivity index (χ1) is 13.4. The van der Waals surface area contributed by atoms with E-state index in [1.165, 1.54) is 19.2 Å². The van der Waals surface area contributed by atoms with Crippen LogP contribution in [0.5, 0.6) is 5.75 Å². The molecule has 9 heteroatoms. The lowest BCUT2D eigenvalue weighted by atomic mass is 9.83. The Morgan fingerprint density at radius 3 is 2.36 bits per heavy atom. The zero-order valence-electron chi connectivity index (χ0n) is 15.4. The number of benzene rings is 1. The van der Waals surface area contributed by atoms with Crippen molar-refractivity contribution >= 4 is 29.4 Å². The minimum Gasteiger partial charge on any atom is -0.497 e. The third kappa shape index (κ3) is 3.53. The highest BCUT2D eigenvalue weighted by Gasteiger charge is 2.46. The lowest BCUT2D eigenvalue weighted by Gasteiger charge is -2.31. The number of ether oxygens (including phenoxy) is 1. The van der Waals surface area contributed by atoms with Gasteiger partial charge in [0.15, 0.2) is 0 Å². The summed E-state index contributed by atoms with van der Waals surface area (Å²) < 4.78 is 5.03. The van der Waals surface area contributed by atoms with Gasteiger partial charge in [0.2, 0.25) is 5.91 Å². The highest BCUT2D eigenvalue weighted by Crippen LogP contribution is 2.28. The molecule has 0 unspecified atom stereocenters. The fourth-order valence-electron chi connectivity index (χ4n) is 3.47. The molecule has 9 nitrogen and oxygen atoms in total. The minimum atomic E-state index is -1.08. The molecule has 1 aliphatic heterocycles. The van der Waals surface area contributed by atoms with Gasteiger partial charge in [0.25, 0.3) is 0 Å². The van der Waals surface area contributed by atoms with Crippen LogP contribution in [0.4, 0.5) is 10.5 Å². The van der Waals surface area contributed by atoms with Crippen molar-refractivity contribution < 1.29 is 23.9 Å². The Morgan fingerprint density at radius 2 is 1.79 bits per heavy atom. The Hall–Kier alpha value is -3.41. The second-order valence-electron chi connectivity index (χ2n) is 6.82. The molecule has 1 saturated carbocycles. The summed E-state index contributed by atoms with van der Waals surface area (Å²) in [7, 11) is 1.48. The molecule has 0 spiro atoms. The maximum atomic E-state index is 12.6. The Balaban J connectivity index is 1.72. The molecule has 3 rings (SSSR count). The summed E-state index contributed by atoms with van der Waals surface area (Å²) in [6.45, 7) is -0.612. The van der Waals surface area contributed by atoms with Crippen molar-refractivity contribution in [1.29, 1.82) is 5.26 Å². The molecule has 2 fully saturated rings. The first-order valence-corrected chi connectivity index (χ1v) is 8.97. The first-order valence-electron chi connectivity index (χ1n) is 8.97. The SMILES string of the molecule is COc1ccc(N2C(=O)C(=O)N(CC(=O)NC3(C#N)CCCCC3)C2=O)cc1. The van der Waals surface area contributed by atoms with Crippen molar-refractivity contribution in [2.45, 2.75) is 37.6 Å². The summed E-state index contributed by atoms with van der Waals surface area (Å²) in [4.78, 5) is 50.8. The summed E-state index contributed by atoms with van der Waals surface area (Å²) in [5.74, 6) is -2.23. The van der Waals surface area contributed by atoms with Crippen LogP contribution in [-0.2, 0) is 14.4 Å². The Morgan fingerprint density at radius 1 is 1.14 bits per heavy atom. The number of anilines is 1. The fourth-order valence-corrected chi connectivity index (χ4v) is 3.47. The summed E-state index contributed by atoms with van der Waals surface area (Å²) in [5, 5.41) is 12.1. The normalized spacial score (nSPS) is 18.8. The summed E-state index contributed by atoms with van der Waals surface area (Å²) in [6, 6.07) is 7.29. The second-order valence-corrected chi connectivity index (χ2v) is 6.82. The van der Waals surface area contributed by atoms with E-state index in [1.807, 2.05) is 0 Å². The third-order valence-corrected chi connectivity index (χ3v) is 4.99. The molecule has 1 N–H and O–H groups in total. The van der Waals surface area contributed by atoms with Crippen LogP contribution in [0.15, 0.2) is 24.3 Å². The van der Waals surface area contributed by atoms with Crippen LogP contribution >= 0.6 is 0 Å². The number of hydrogen-bond acceptors (Lipinski definition) is 6. The zero-order chi connectivity index (χ0) is 20.3. The minimum absolute atomic E-state index is 0.202. The number of urea groups is 1. The first kappa shape index (κ1) is 19.4. The fraction of sp³-hybridized carbons (Fsp3) is 0.421. The predicted molar refractivity (Wildman–Crippen MR) is 97.2 cm³/mol. The van der Waals surface area contributed by atoms with Crippen molar-refractivity contribution in [2.24, 2.45) is 0 Å². The van der Waals surface area contributed by atoms with Gasteiger partial charge >= 0.3 is 17.8 Å². The number of nitriles is 1. The topological polar surface area (TPSA) is 120 Å². The molecule has 1 aromatic carbocycles. The maximum Gasteiger partial charge on any atom is 0.339 e. The van der Waals surface area contributed by atoms with E-state index in [9.17, 15) is 24.4 Å². The number of amides is 5. The standard InChI is InChI=1S/C19H20N4O5/c1-28-14-7-5-13(6-8-14)23-17(26)16(25)22(18(23)27)11-15(24)21-19(12-20)9-3-2-4-10-19/h5-8H,2-4,9-11H2,1H3,(H,21,24).